The van der Waals surface area contributed by atoms with E-state index in [1.807, 2.05) is 36.4 Å². The molecule has 0 amide bonds. The largest absolute Gasteiger partial charge is 0.298 e. The van der Waals surface area contributed by atoms with Crippen molar-refractivity contribution in [1.82, 2.24) is 34.7 Å². The van der Waals surface area contributed by atoms with Gasteiger partial charge in [-0.25, -0.2) is 9.97 Å². The standard InChI is InChI=1S/C27H21N7OS/c1-14(2)8-23(35)34-16-9-15(11-28-12-16)20-10-18-21(13-29-20)32-33-26(18)27-30-19-5-3-4-17(25(19)31-27)22-6-7-24(34)36-22/h3-7,9-14,32-33H,8H2,1-2H3. The highest BCUT2D eigenvalue weighted by Crippen LogP contribution is 2.32. The molecule has 0 saturated carbocycles. The smallest absolute Gasteiger partial charge is 0.232 e. The van der Waals surface area contributed by atoms with E-state index in [1.54, 1.807) is 34.5 Å². The lowest BCUT2D eigenvalue weighted by atomic mass is 10.1. The zero-order valence-corrected chi connectivity index (χ0v) is 20.4. The van der Waals surface area contributed by atoms with Gasteiger partial charge >= 0.3 is 0 Å². The van der Waals surface area contributed by atoms with E-state index in [-0.39, 0.29) is 11.8 Å². The number of carbonyl (C=O) groups is 1. The molecular formula is C27H21N7OS. The van der Waals surface area contributed by atoms with E-state index in [0.29, 0.717) is 12.1 Å². The van der Waals surface area contributed by atoms with Crippen molar-refractivity contribution in [1.29, 1.82) is 0 Å². The maximum absolute atomic E-state index is 13.5. The van der Waals surface area contributed by atoms with E-state index in [1.165, 1.54) is 0 Å². The van der Waals surface area contributed by atoms with Crippen molar-refractivity contribution in [2.45, 2.75) is 20.3 Å². The Bertz CT molecular complexity index is 1990. The molecule has 176 valence electrons. The van der Waals surface area contributed by atoms with Crippen LogP contribution in [0.15, 0.2) is 61.1 Å². The van der Waals surface area contributed by atoms with Crippen LogP contribution in [0.2, 0.25) is 0 Å². The number of hydrogen-bond acceptors (Lipinski definition) is 6. The lowest BCUT2D eigenvalue weighted by Crippen LogP contribution is -2.13. The first-order valence-corrected chi connectivity index (χ1v) is 12.6. The second-order valence-electron chi connectivity index (χ2n) is 9.36. The van der Waals surface area contributed by atoms with Crippen LogP contribution in [-0.2, 0) is 0 Å². The molecule has 36 heavy (non-hydrogen) atoms. The molecule has 7 rings (SSSR count). The topological polar surface area (TPSA) is 105 Å². The Kier molecular flexibility index (Phi) is 4.55. The minimum atomic E-state index is 0.0289. The summed E-state index contributed by atoms with van der Waals surface area (Å²) >= 11 is 1.56. The van der Waals surface area contributed by atoms with Crippen molar-refractivity contribution in [3.05, 3.63) is 61.1 Å². The number of hydrogen-bond donors (Lipinski definition) is 2. The molecule has 0 unspecified atom stereocenters. The molecule has 2 N–H and O–H groups in total. The van der Waals surface area contributed by atoms with Crippen molar-refractivity contribution in [3.63, 3.8) is 0 Å². The molecule has 2 aliphatic heterocycles. The number of rotatable bonds is 2. The van der Waals surface area contributed by atoms with E-state index in [9.17, 15) is 4.79 Å². The van der Waals surface area contributed by atoms with Gasteiger partial charge in [0.15, 0.2) is 5.65 Å². The SMILES string of the molecule is CC(C)CC(=O)n1c2cncc(c2)c2cc3c(cn2)[nH][nH]c-3c2nc3cccc(c4ccc1s4)c3n2. The minimum absolute atomic E-state index is 0.0289. The van der Waals surface area contributed by atoms with E-state index < -0.39 is 0 Å². The zero-order valence-electron chi connectivity index (χ0n) is 19.6. The predicted molar refractivity (Wildman–Crippen MR) is 144 cm³/mol. The first-order chi connectivity index (χ1) is 17.5. The first-order valence-electron chi connectivity index (χ1n) is 11.8. The molecule has 8 nitrogen and oxygen atoms in total. The second-order valence-corrected chi connectivity index (χ2v) is 10.4. The molecule has 5 aromatic rings. The summed E-state index contributed by atoms with van der Waals surface area (Å²) in [5.41, 5.74) is 6.33. The molecule has 8 bridgehead atoms. The molecule has 2 aliphatic rings. The zero-order chi connectivity index (χ0) is 24.4. The number of para-hydroxylation sites is 1. The molecule has 0 radical (unpaired) electrons. The highest BCUT2D eigenvalue weighted by molar-refractivity contribution is 7.24. The Morgan fingerprint density at radius 1 is 1.03 bits per heavy atom. The molecule has 6 heterocycles. The molecule has 0 aliphatic carbocycles. The van der Waals surface area contributed by atoms with Crippen molar-refractivity contribution < 1.29 is 4.79 Å². The number of nitrogens with one attached hydrogen (secondary N) is 2. The molecule has 0 fully saturated rings. The summed E-state index contributed by atoms with van der Waals surface area (Å²) in [5.74, 6) is 0.255. The number of aromatic nitrogens is 7. The first kappa shape index (κ1) is 21.0. The van der Waals surface area contributed by atoms with E-state index in [2.05, 4.69) is 40.1 Å². The average molecular weight is 492 g/mol. The van der Waals surface area contributed by atoms with Gasteiger partial charge in [0.1, 0.15) is 10.5 Å². The molecule has 0 spiro atoms. The van der Waals surface area contributed by atoms with Gasteiger partial charge in [-0.3, -0.25) is 29.5 Å². The lowest BCUT2D eigenvalue weighted by Gasteiger charge is -2.09. The highest BCUT2D eigenvalue weighted by Gasteiger charge is 2.16. The van der Waals surface area contributed by atoms with E-state index >= 15 is 0 Å². The fourth-order valence-corrected chi connectivity index (χ4v) is 5.78. The second kappa shape index (κ2) is 7.82. The van der Waals surface area contributed by atoms with Gasteiger partial charge in [0.05, 0.1) is 40.0 Å². The van der Waals surface area contributed by atoms with Crippen LogP contribution in [-0.4, -0.2) is 40.6 Å². The summed E-state index contributed by atoms with van der Waals surface area (Å²) in [7, 11) is 0. The number of thiophene rings is 1. The summed E-state index contributed by atoms with van der Waals surface area (Å²) < 4.78 is 2.80. The van der Waals surface area contributed by atoms with Gasteiger partial charge < -0.3 is 0 Å². The fourth-order valence-electron chi connectivity index (χ4n) is 4.71. The maximum Gasteiger partial charge on any atom is 0.232 e. The third-order valence-corrected chi connectivity index (χ3v) is 7.47. The number of pyridine rings is 2. The minimum Gasteiger partial charge on any atom is -0.298 e. The van der Waals surface area contributed by atoms with Crippen LogP contribution in [0.1, 0.15) is 25.1 Å². The molecule has 0 saturated heterocycles. The normalized spacial score (nSPS) is 12.1. The monoisotopic (exact) mass is 491 g/mol. The number of imidazole rings is 1. The lowest BCUT2D eigenvalue weighted by molar-refractivity contribution is 0.0897. The Balaban J connectivity index is 1.70. The maximum atomic E-state index is 13.5. The third kappa shape index (κ3) is 3.24. The van der Waals surface area contributed by atoms with Crippen molar-refractivity contribution >= 4 is 70.8 Å². The fraction of sp³-hybridized carbons (Fsp3) is 0.148. The van der Waals surface area contributed by atoms with Crippen LogP contribution in [0.25, 0.3) is 64.8 Å². The van der Waals surface area contributed by atoms with Crippen LogP contribution in [0.5, 0.6) is 0 Å². The number of carbonyl (C=O) groups excluding carboxylic acids is 1. The Morgan fingerprint density at radius 3 is 2.83 bits per heavy atom. The van der Waals surface area contributed by atoms with Gasteiger partial charge in [0, 0.05) is 33.7 Å². The van der Waals surface area contributed by atoms with Gasteiger partial charge in [-0.2, -0.15) is 0 Å². The van der Waals surface area contributed by atoms with Gasteiger partial charge in [0.25, 0.3) is 0 Å². The summed E-state index contributed by atoms with van der Waals surface area (Å²) in [6.07, 6.45) is 5.73. The van der Waals surface area contributed by atoms with Crippen LogP contribution in [0, 0.1) is 5.92 Å². The number of H-pyrrole nitrogens is 2. The predicted octanol–water partition coefficient (Wildman–Crippen LogP) is 6.47. The molecule has 4 aromatic heterocycles. The summed E-state index contributed by atoms with van der Waals surface area (Å²) in [6.45, 7) is 4.11. The number of benzene rings is 1. The molecule has 9 heteroatoms. The van der Waals surface area contributed by atoms with Crippen LogP contribution in [0.3, 0.4) is 0 Å². The number of nitrogens with zero attached hydrogens (tertiary/aromatic N) is 5. The Morgan fingerprint density at radius 2 is 1.94 bits per heavy atom. The van der Waals surface area contributed by atoms with E-state index in [4.69, 9.17) is 9.97 Å². The molecular weight excluding hydrogens is 470 g/mol. The van der Waals surface area contributed by atoms with E-state index in [0.717, 1.165) is 59.1 Å². The van der Waals surface area contributed by atoms with Crippen molar-refractivity contribution in [2.24, 2.45) is 5.92 Å². The van der Waals surface area contributed by atoms with Crippen LogP contribution >= 0.6 is 11.3 Å². The van der Waals surface area contributed by atoms with Crippen LogP contribution < -0.4 is 0 Å². The quantitative estimate of drug-likeness (QED) is 0.288. The Hall–Kier alpha value is -4.37. The summed E-state index contributed by atoms with van der Waals surface area (Å²) in [4.78, 5) is 33.3. The van der Waals surface area contributed by atoms with Gasteiger partial charge in [-0.05, 0) is 36.2 Å². The number of aromatic amines is 2. The molecule has 1 aromatic carbocycles. The van der Waals surface area contributed by atoms with Crippen molar-refractivity contribution in [2.75, 3.05) is 0 Å². The average Bonchev–Trinajstić information content (AvgIpc) is 3.60. The van der Waals surface area contributed by atoms with Gasteiger partial charge in [0.2, 0.25) is 5.91 Å². The van der Waals surface area contributed by atoms with Gasteiger partial charge in [-0.1, -0.05) is 26.0 Å². The number of fused-ring (bicyclic) bond motifs is 9. The summed E-state index contributed by atoms with van der Waals surface area (Å²) in [5, 5.41) is 8.22. The van der Waals surface area contributed by atoms with Gasteiger partial charge in [-0.15, -0.1) is 11.3 Å². The third-order valence-electron chi connectivity index (χ3n) is 6.37. The summed E-state index contributed by atoms with van der Waals surface area (Å²) in [6, 6.07) is 14.0. The Labute approximate surface area is 208 Å². The van der Waals surface area contributed by atoms with Crippen LogP contribution in [0.4, 0.5) is 0 Å². The molecule has 0 atom stereocenters. The highest BCUT2D eigenvalue weighted by atomic mass is 32.1. The van der Waals surface area contributed by atoms with Crippen molar-refractivity contribution in [3.8, 4) is 11.3 Å².